The molecule has 0 fully saturated rings. The molecule has 1 amide bonds. The Balaban J connectivity index is 1.75. The molecule has 0 spiro atoms. The molecule has 0 radical (unpaired) electrons. The largest absolute Gasteiger partial charge is 0.366 e. The summed E-state index contributed by atoms with van der Waals surface area (Å²) in [6.07, 6.45) is 1.01. The molecule has 3 heteroatoms. The van der Waals surface area contributed by atoms with Crippen LogP contribution in [-0.4, -0.2) is 12.5 Å². The Kier molecular flexibility index (Phi) is 4.70. The van der Waals surface area contributed by atoms with Crippen molar-refractivity contribution in [2.45, 2.75) is 13.0 Å². The summed E-state index contributed by atoms with van der Waals surface area (Å²) in [6.45, 7) is 1.73. The second-order valence-corrected chi connectivity index (χ2v) is 4.47. The minimum Gasteiger partial charge on any atom is -0.366 e. The summed E-state index contributed by atoms with van der Waals surface area (Å²) in [5.41, 5.74) is 8.23. The van der Waals surface area contributed by atoms with E-state index in [1.54, 1.807) is 12.1 Å². The SMILES string of the molecule is NC(=O)c1ccc(CNCCc2ccccc2)cc1. The van der Waals surface area contributed by atoms with Gasteiger partial charge >= 0.3 is 0 Å². The molecule has 0 aromatic heterocycles. The van der Waals surface area contributed by atoms with Crippen LogP contribution >= 0.6 is 0 Å². The molecule has 0 aliphatic carbocycles. The summed E-state index contributed by atoms with van der Waals surface area (Å²) < 4.78 is 0. The molecule has 0 atom stereocenters. The van der Waals surface area contributed by atoms with Gasteiger partial charge in [-0.1, -0.05) is 42.5 Å². The zero-order valence-corrected chi connectivity index (χ0v) is 10.8. The van der Waals surface area contributed by atoms with Crippen LogP contribution in [-0.2, 0) is 13.0 Å². The van der Waals surface area contributed by atoms with Crippen LogP contribution in [0.25, 0.3) is 0 Å². The predicted octanol–water partition coefficient (Wildman–Crippen LogP) is 2.12. The van der Waals surface area contributed by atoms with E-state index in [1.165, 1.54) is 5.56 Å². The highest BCUT2D eigenvalue weighted by Crippen LogP contribution is 2.04. The molecule has 0 aliphatic heterocycles. The first kappa shape index (κ1) is 13.3. The van der Waals surface area contributed by atoms with Crippen molar-refractivity contribution < 1.29 is 4.79 Å². The first-order valence-corrected chi connectivity index (χ1v) is 6.39. The first-order valence-electron chi connectivity index (χ1n) is 6.39. The van der Waals surface area contributed by atoms with Crippen molar-refractivity contribution in [3.8, 4) is 0 Å². The van der Waals surface area contributed by atoms with Gasteiger partial charge in [-0.25, -0.2) is 0 Å². The molecule has 0 aliphatic rings. The van der Waals surface area contributed by atoms with E-state index < -0.39 is 0 Å². The third kappa shape index (κ3) is 4.23. The predicted molar refractivity (Wildman–Crippen MR) is 76.8 cm³/mol. The molecule has 2 rings (SSSR count). The lowest BCUT2D eigenvalue weighted by Gasteiger charge is -2.05. The summed E-state index contributed by atoms with van der Waals surface area (Å²) in [5, 5.41) is 3.38. The molecule has 3 nitrogen and oxygen atoms in total. The van der Waals surface area contributed by atoms with Crippen LogP contribution in [0.3, 0.4) is 0 Å². The summed E-state index contributed by atoms with van der Waals surface area (Å²) >= 11 is 0. The fourth-order valence-electron chi connectivity index (χ4n) is 1.90. The van der Waals surface area contributed by atoms with Gasteiger partial charge in [0.2, 0.25) is 5.91 Å². The van der Waals surface area contributed by atoms with Crippen molar-refractivity contribution in [1.29, 1.82) is 0 Å². The molecule has 0 unspecified atom stereocenters. The van der Waals surface area contributed by atoms with Crippen LogP contribution in [0.1, 0.15) is 21.5 Å². The topological polar surface area (TPSA) is 55.1 Å². The number of carbonyl (C=O) groups is 1. The van der Waals surface area contributed by atoms with Gasteiger partial charge in [0.15, 0.2) is 0 Å². The van der Waals surface area contributed by atoms with E-state index in [1.807, 2.05) is 18.2 Å². The van der Waals surface area contributed by atoms with E-state index in [0.29, 0.717) is 5.56 Å². The monoisotopic (exact) mass is 254 g/mol. The number of hydrogen-bond donors (Lipinski definition) is 2. The van der Waals surface area contributed by atoms with Gasteiger partial charge in [0.1, 0.15) is 0 Å². The number of benzene rings is 2. The van der Waals surface area contributed by atoms with Crippen molar-refractivity contribution >= 4 is 5.91 Å². The fraction of sp³-hybridized carbons (Fsp3) is 0.188. The molecule has 0 saturated carbocycles. The molecule has 2 aromatic carbocycles. The minimum atomic E-state index is -0.386. The number of carbonyl (C=O) groups excluding carboxylic acids is 1. The molecule has 0 bridgehead atoms. The highest BCUT2D eigenvalue weighted by atomic mass is 16.1. The molecular formula is C16H18N2O. The number of rotatable bonds is 6. The zero-order valence-electron chi connectivity index (χ0n) is 10.8. The summed E-state index contributed by atoms with van der Waals surface area (Å²) in [4.78, 5) is 10.9. The second-order valence-electron chi connectivity index (χ2n) is 4.47. The highest BCUT2D eigenvalue weighted by Gasteiger charge is 1.99. The van der Waals surface area contributed by atoms with E-state index in [0.717, 1.165) is 25.1 Å². The quantitative estimate of drug-likeness (QED) is 0.776. The van der Waals surface area contributed by atoms with E-state index in [-0.39, 0.29) is 5.91 Å². The Labute approximate surface area is 113 Å². The van der Waals surface area contributed by atoms with E-state index in [2.05, 4.69) is 29.6 Å². The lowest BCUT2D eigenvalue weighted by Crippen LogP contribution is -2.17. The summed E-state index contributed by atoms with van der Waals surface area (Å²) in [5.74, 6) is -0.386. The Hall–Kier alpha value is -2.13. The average molecular weight is 254 g/mol. The lowest BCUT2D eigenvalue weighted by atomic mass is 10.1. The maximum atomic E-state index is 10.9. The van der Waals surface area contributed by atoms with Gasteiger partial charge in [-0.2, -0.15) is 0 Å². The minimum absolute atomic E-state index is 0.386. The number of amides is 1. The smallest absolute Gasteiger partial charge is 0.248 e. The number of nitrogens with two attached hydrogens (primary N) is 1. The number of primary amides is 1. The molecule has 98 valence electrons. The van der Waals surface area contributed by atoms with Gasteiger partial charge in [0.05, 0.1) is 0 Å². The molecule has 3 N–H and O–H groups in total. The van der Waals surface area contributed by atoms with E-state index in [4.69, 9.17) is 5.73 Å². The second kappa shape index (κ2) is 6.71. The Morgan fingerprint density at radius 1 is 0.947 bits per heavy atom. The van der Waals surface area contributed by atoms with Gasteiger partial charge in [-0.3, -0.25) is 4.79 Å². The van der Waals surface area contributed by atoms with Crippen LogP contribution < -0.4 is 11.1 Å². The van der Waals surface area contributed by atoms with Crippen molar-refractivity contribution in [2.75, 3.05) is 6.54 Å². The van der Waals surface area contributed by atoms with E-state index >= 15 is 0 Å². The number of hydrogen-bond acceptors (Lipinski definition) is 2. The Morgan fingerprint density at radius 2 is 1.63 bits per heavy atom. The van der Waals surface area contributed by atoms with Crippen molar-refractivity contribution in [2.24, 2.45) is 5.73 Å². The van der Waals surface area contributed by atoms with Crippen LogP contribution in [0.4, 0.5) is 0 Å². The van der Waals surface area contributed by atoms with Gasteiger partial charge in [0.25, 0.3) is 0 Å². The van der Waals surface area contributed by atoms with Crippen molar-refractivity contribution in [1.82, 2.24) is 5.32 Å². The highest BCUT2D eigenvalue weighted by molar-refractivity contribution is 5.92. The van der Waals surface area contributed by atoms with Crippen molar-refractivity contribution in [3.63, 3.8) is 0 Å². The van der Waals surface area contributed by atoms with Crippen LogP contribution in [0.15, 0.2) is 54.6 Å². The number of nitrogens with one attached hydrogen (secondary N) is 1. The van der Waals surface area contributed by atoms with Crippen LogP contribution in [0.5, 0.6) is 0 Å². The molecule has 19 heavy (non-hydrogen) atoms. The Morgan fingerprint density at radius 3 is 2.26 bits per heavy atom. The van der Waals surface area contributed by atoms with E-state index in [9.17, 15) is 4.79 Å². The fourth-order valence-corrected chi connectivity index (χ4v) is 1.90. The maximum Gasteiger partial charge on any atom is 0.248 e. The zero-order chi connectivity index (χ0) is 13.5. The average Bonchev–Trinajstić information content (AvgIpc) is 2.45. The van der Waals surface area contributed by atoms with Gasteiger partial charge in [-0.15, -0.1) is 0 Å². The Bertz CT molecular complexity index is 520. The van der Waals surface area contributed by atoms with Crippen LogP contribution in [0, 0.1) is 0 Å². The first-order chi connectivity index (χ1) is 9.25. The standard InChI is InChI=1S/C16H18N2O/c17-16(19)15-8-6-14(7-9-15)12-18-11-10-13-4-2-1-3-5-13/h1-9,18H,10-12H2,(H2,17,19). The molecule has 0 heterocycles. The van der Waals surface area contributed by atoms with Gasteiger partial charge in [-0.05, 0) is 36.2 Å². The molecule has 0 saturated heterocycles. The normalized spacial score (nSPS) is 10.3. The lowest BCUT2D eigenvalue weighted by molar-refractivity contribution is 0.100. The van der Waals surface area contributed by atoms with Gasteiger partial charge < -0.3 is 11.1 Å². The van der Waals surface area contributed by atoms with Crippen molar-refractivity contribution in [3.05, 3.63) is 71.3 Å². The van der Waals surface area contributed by atoms with Gasteiger partial charge in [0, 0.05) is 12.1 Å². The molecule has 2 aromatic rings. The molecular weight excluding hydrogens is 236 g/mol. The maximum absolute atomic E-state index is 10.9. The summed E-state index contributed by atoms with van der Waals surface area (Å²) in [7, 11) is 0. The third-order valence-corrected chi connectivity index (χ3v) is 3.00. The summed E-state index contributed by atoms with van der Waals surface area (Å²) in [6, 6.07) is 17.8. The van der Waals surface area contributed by atoms with Crippen LogP contribution in [0.2, 0.25) is 0 Å². The third-order valence-electron chi connectivity index (χ3n) is 3.00.